The Bertz CT molecular complexity index is 452. The van der Waals surface area contributed by atoms with E-state index in [0.717, 1.165) is 17.9 Å². The molecule has 0 heterocycles. The highest BCUT2D eigenvalue weighted by molar-refractivity contribution is 9.09. The quantitative estimate of drug-likeness (QED) is 0.764. The molecule has 0 radical (unpaired) electrons. The van der Waals surface area contributed by atoms with E-state index in [1.54, 1.807) is 14.2 Å². The number of benzene rings is 1. The molecule has 0 saturated heterocycles. The van der Waals surface area contributed by atoms with Gasteiger partial charge < -0.3 is 9.47 Å². The van der Waals surface area contributed by atoms with Crippen molar-refractivity contribution in [1.29, 1.82) is 0 Å². The van der Waals surface area contributed by atoms with Crippen molar-refractivity contribution in [2.24, 2.45) is 0 Å². The molecular weight excluding hydrogens is 280 g/mol. The van der Waals surface area contributed by atoms with Crippen LogP contribution in [0.5, 0.6) is 11.5 Å². The van der Waals surface area contributed by atoms with Gasteiger partial charge in [-0.05, 0) is 36.0 Å². The summed E-state index contributed by atoms with van der Waals surface area (Å²) < 4.78 is 11.0. The van der Waals surface area contributed by atoms with Crippen molar-refractivity contribution in [3.05, 3.63) is 22.8 Å². The molecule has 0 bridgehead atoms. The number of ether oxygens (including phenoxy) is 2. The lowest BCUT2D eigenvalue weighted by molar-refractivity contribution is 0.351. The van der Waals surface area contributed by atoms with Crippen molar-refractivity contribution in [1.82, 2.24) is 0 Å². The van der Waals surface area contributed by atoms with Gasteiger partial charge in [0.25, 0.3) is 0 Å². The molecule has 94 valence electrons. The van der Waals surface area contributed by atoms with E-state index in [0.29, 0.717) is 4.83 Å². The van der Waals surface area contributed by atoms with Gasteiger partial charge in [-0.1, -0.05) is 29.8 Å². The second-order valence-corrected chi connectivity index (χ2v) is 6.38. The number of halogens is 1. The van der Waals surface area contributed by atoms with Crippen molar-refractivity contribution >= 4 is 15.9 Å². The van der Waals surface area contributed by atoms with Crippen LogP contribution < -0.4 is 9.47 Å². The standard InChI is InChI=1S/C14H19BrO2/c1-8-6-10(16-4)13(17-5)11-9(15)7-14(2,3)12(8)11/h6,9H,7H2,1-5H3. The largest absolute Gasteiger partial charge is 0.493 e. The Morgan fingerprint density at radius 1 is 1.29 bits per heavy atom. The lowest BCUT2D eigenvalue weighted by Crippen LogP contribution is -2.14. The monoisotopic (exact) mass is 298 g/mol. The van der Waals surface area contributed by atoms with Gasteiger partial charge in [0.1, 0.15) is 0 Å². The zero-order chi connectivity index (χ0) is 12.8. The fraction of sp³-hybridized carbons (Fsp3) is 0.571. The van der Waals surface area contributed by atoms with Crippen molar-refractivity contribution in [2.75, 3.05) is 14.2 Å². The molecule has 17 heavy (non-hydrogen) atoms. The van der Waals surface area contributed by atoms with Crippen LogP contribution >= 0.6 is 15.9 Å². The van der Waals surface area contributed by atoms with Crippen LogP contribution in [0.2, 0.25) is 0 Å². The summed E-state index contributed by atoms with van der Waals surface area (Å²) in [7, 11) is 3.39. The third-order valence-electron chi connectivity index (χ3n) is 3.58. The minimum absolute atomic E-state index is 0.188. The minimum atomic E-state index is 0.188. The maximum absolute atomic E-state index is 5.54. The zero-order valence-electron chi connectivity index (χ0n) is 11.1. The number of methoxy groups -OCH3 is 2. The van der Waals surface area contributed by atoms with Crippen molar-refractivity contribution in [3.8, 4) is 11.5 Å². The van der Waals surface area contributed by atoms with Gasteiger partial charge in [-0.25, -0.2) is 0 Å². The lowest BCUT2D eigenvalue weighted by atomic mass is 9.84. The Balaban J connectivity index is 2.76. The SMILES string of the molecule is COc1cc(C)c2c(c1OC)C(Br)CC2(C)C. The van der Waals surface area contributed by atoms with Gasteiger partial charge in [0.05, 0.1) is 14.2 Å². The van der Waals surface area contributed by atoms with Gasteiger partial charge >= 0.3 is 0 Å². The van der Waals surface area contributed by atoms with Gasteiger partial charge in [0.15, 0.2) is 11.5 Å². The van der Waals surface area contributed by atoms with Gasteiger partial charge in [0, 0.05) is 10.4 Å². The van der Waals surface area contributed by atoms with E-state index < -0.39 is 0 Å². The Labute approximate surface area is 111 Å². The van der Waals surface area contributed by atoms with E-state index >= 15 is 0 Å². The Morgan fingerprint density at radius 3 is 2.47 bits per heavy atom. The van der Waals surface area contributed by atoms with Crippen LogP contribution in [0.1, 0.15) is 41.8 Å². The van der Waals surface area contributed by atoms with Crippen molar-refractivity contribution in [3.63, 3.8) is 0 Å². The van der Waals surface area contributed by atoms with Crippen LogP contribution in [-0.4, -0.2) is 14.2 Å². The highest BCUT2D eigenvalue weighted by Gasteiger charge is 2.40. The predicted molar refractivity (Wildman–Crippen MR) is 73.6 cm³/mol. The molecule has 0 N–H and O–H groups in total. The average molecular weight is 299 g/mol. The van der Waals surface area contributed by atoms with E-state index in [1.165, 1.54) is 16.7 Å². The summed E-state index contributed by atoms with van der Waals surface area (Å²) in [5.74, 6) is 1.70. The average Bonchev–Trinajstić information content (AvgIpc) is 2.49. The van der Waals surface area contributed by atoms with Gasteiger partial charge in [0.2, 0.25) is 0 Å². The number of aryl methyl sites for hydroxylation is 1. The molecule has 0 spiro atoms. The molecule has 0 saturated carbocycles. The number of fused-ring (bicyclic) bond motifs is 1. The van der Waals surface area contributed by atoms with E-state index in [1.807, 2.05) is 0 Å². The van der Waals surface area contributed by atoms with E-state index in [9.17, 15) is 0 Å². The smallest absolute Gasteiger partial charge is 0.165 e. The number of rotatable bonds is 2. The van der Waals surface area contributed by atoms with E-state index in [4.69, 9.17) is 9.47 Å². The fourth-order valence-corrected chi connectivity index (χ4v) is 4.25. The maximum Gasteiger partial charge on any atom is 0.165 e. The van der Waals surface area contributed by atoms with Crippen molar-refractivity contribution in [2.45, 2.75) is 37.4 Å². The topological polar surface area (TPSA) is 18.5 Å². The minimum Gasteiger partial charge on any atom is -0.493 e. The predicted octanol–water partition coefficient (Wildman–Crippen LogP) is 4.13. The summed E-state index contributed by atoms with van der Waals surface area (Å²) in [5, 5.41) is 0. The van der Waals surface area contributed by atoms with E-state index in [-0.39, 0.29) is 5.41 Å². The Morgan fingerprint density at radius 2 is 1.94 bits per heavy atom. The fourth-order valence-electron chi connectivity index (χ4n) is 3.00. The molecule has 1 aliphatic rings. The van der Waals surface area contributed by atoms with Crippen molar-refractivity contribution < 1.29 is 9.47 Å². The lowest BCUT2D eigenvalue weighted by Gasteiger charge is -2.22. The van der Waals surface area contributed by atoms with Crippen LogP contribution in [-0.2, 0) is 5.41 Å². The third kappa shape index (κ3) is 1.85. The first-order valence-corrected chi connectivity index (χ1v) is 6.74. The molecular formula is C14H19BrO2. The van der Waals surface area contributed by atoms with Crippen LogP contribution in [0.25, 0.3) is 0 Å². The highest BCUT2D eigenvalue weighted by atomic mass is 79.9. The highest BCUT2D eigenvalue weighted by Crippen LogP contribution is 2.55. The van der Waals surface area contributed by atoms with Crippen LogP contribution in [0.15, 0.2) is 6.07 Å². The normalized spacial score (nSPS) is 21.2. The molecule has 1 aliphatic carbocycles. The molecule has 2 rings (SSSR count). The summed E-state index contributed by atoms with van der Waals surface area (Å²) in [6, 6.07) is 2.07. The molecule has 0 aliphatic heterocycles. The first kappa shape index (κ1) is 12.7. The second-order valence-electron chi connectivity index (χ2n) is 5.27. The molecule has 2 nitrogen and oxygen atoms in total. The second kappa shape index (κ2) is 4.20. The molecule has 1 aromatic rings. The summed E-state index contributed by atoms with van der Waals surface area (Å²) in [6.07, 6.45) is 1.09. The Hall–Kier alpha value is -0.700. The molecule has 1 atom stereocenters. The maximum atomic E-state index is 5.54. The summed E-state index contributed by atoms with van der Waals surface area (Å²) in [6.45, 7) is 6.71. The van der Waals surface area contributed by atoms with Crippen LogP contribution in [0.4, 0.5) is 0 Å². The molecule has 3 heteroatoms. The third-order valence-corrected chi connectivity index (χ3v) is 4.36. The summed E-state index contributed by atoms with van der Waals surface area (Å²) in [5.41, 5.74) is 4.13. The zero-order valence-corrected chi connectivity index (χ0v) is 12.6. The first-order valence-electron chi connectivity index (χ1n) is 5.82. The molecule has 1 unspecified atom stereocenters. The van der Waals surface area contributed by atoms with Gasteiger partial charge in [-0.2, -0.15) is 0 Å². The van der Waals surface area contributed by atoms with Gasteiger partial charge in [-0.3, -0.25) is 0 Å². The van der Waals surface area contributed by atoms with E-state index in [2.05, 4.69) is 42.8 Å². The number of hydrogen-bond acceptors (Lipinski definition) is 2. The van der Waals surface area contributed by atoms with Gasteiger partial charge in [-0.15, -0.1) is 0 Å². The van der Waals surface area contributed by atoms with Crippen LogP contribution in [0.3, 0.4) is 0 Å². The molecule has 0 fully saturated rings. The molecule has 1 aromatic carbocycles. The molecule has 0 aromatic heterocycles. The number of hydrogen-bond donors (Lipinski definition) is 0. The van der Waals surface area contributed by atoms with Crippen LogP contribution in [0, 0.1) is 6.92 Å². The summed E-state index contributed by atoms with van der Waals surface area (Å²) in [4.78, 5) is 0.344. The number of alkyl halides is 1. The first-order chi connectivity index (χ1) is 7.92. The molecule has 0 amide bonds. The Kier molecular flexibility index (Phi) is 3.15. The summed E-state index contributed by atoms with van der Waals surface area (Å²) >= 11 is 3.77.